The summed E-state index contributed by atoms with van der Waals surface area (Å²) in [6.45, 7) is 2.71. The minimum absolute atomic E-state index is 0.111. The Morgan fingerprint density at radius 3 is 2.61 bits per heavy atom. The molecule has 1 amide bonds. The average Bonchev–Trinajstić information content (AvgIpc) is 2.69. The summed E-state index contributed by atoms with van der Waals surface area (Å²) in [4.78, 5) is 23.7. The van der Waals surface area contributed by atoms with Crippen LogP contribution in [0.15, 0.2) is 23.1 Å². The number of methoxy groups -OCH3 is 1. The fraction of sp³-hybridized carbons (Fsp3) is 0.556. The van der Waals surface area contributed by atoms with Crippen LogP contribution in [0.25, 0.3) is 0 Å². The number of hydrogen-bond donors (Lipinski definition) is 1. The predicted molar refractivity (Wildman–Crippen MR) is 111 cm³/mol. The van der Waals surface area contributed by atoms with Crippen molar-refractivity contribution in [2.75, 3.05) is 31.3 Å². The second-order valence-corrected chi connectivity index (χ2v) is 10.2. The van der Waals surface area contributed by atoms with E-state index in [4.69, 9.17) is 11.6 Å². The molecular formula is C18H25ClN2O5S2. The first-order valence-corrected chi connectivity index (χ1v) is 11.9. The molecule has 1 heterocycles. The average molecular weight is 449 g/mol. The van der Waals surface area contributed by atoms with E-state index in [1.807, 2.05) is 0 Å². The lowest BCUT2D eigenvalue weighted by molar-refractivity contribution is -0.140. The molecule has 10 heteroatoms. The number of thioether (sulfide) groups is 1. The number of ether oxygens (including phenoxy) is 1. The highest BCUT2D eigenvalue weighted by molar-refractivity contribution is 8.00. The fourth-order valence-electron chi connectivity index (χ4n) is 2.75. The molecule has 156 valence electrons. The predicted octanol–water partition coefficient (Wildman–Crippen LogP) is 3.14. The molecule has 0 bridgehead atoms. The van der Waals surface area contributed by atoms with Gasteiger partial charge in [0.1, 0.15) is 0 Å². The first-order valence-electron chi connectivity index (χ1n) is 9.04. The van der Waals surface area contributed by atoms with Crippen molar-refractivity contribution in [3.05, 3.63) is 23.2 Å². The zero-order valence-corrected chi connectivity index (χ0v) is 18.3. The van der Waals surface area contributed by atoms with Gasteiger partial charge in [0.05, 0.1) is 34.4 Å². The Bertz CT molecular complexity index is 810. The molecule has 0 spiro atoms. The monoisotopic (exact) mass is 448 g/mol. The topological polar surface area (TPSA) is 92.8 Å². The maximum Gasteiger partial charge on any atom is 0.306 e. The standard InChI is InChI=1S/C18H25ClN2O5S2/c1-13(27-11-8-17(22)26-2)18(23)20-16-12-14(6-7-15(16)19)28(24,25)21-9-4-3-5-10-21/h6-7,12-13H,3-5,8-11H2,1-2H3,(H,20,23)/t13-/m0/s1. The number of sulfonamides is 1. The van der Waals surface area contributed by atoms with Gasteiger partial charge < -0.3 is 10.1 Å². The molecule has 1 saturated heterocycles. The highest BCUT2D eigenvalue weighted by Gasteiger charge is 2.27. The van der Waals surface area contributed by atoms with E-state index in [9.17, 15) is 18.0 Å². The smallest absolute Gasteiger partial charge is 0.306 e. The molecule has 2 rings (SSSR count). The molecule has 1 aliphatic heterocycles. The number of amides is 1. The fourth-order valence-corrected chi connectivity index (χ4v) is 5.30. The van der Waals surface area contributed by atoms with Crippen LogP contribution in [0.4, 0.5) is 5.69 Å². The minimum atomic E-state index is -3.62. The molecule has 1 aliphatic rings. The van der Waals surface area contributed by atoms with Crippen LogP contribution < -0.4 is 5.32 Å². The summed E-state index contributed by atoms with van der Waals surface area (Å²) in [6, 6.07) is 4.33. The summed E-state index contributed by atoms with van der Waals surface area (Å²) in [5, 5.41) is 2.51. The summed E-state index contributed by atoms with van der Waals surface area (Å²) in [5.41, 5.74) is 0.255. The van der Waals surface area contributed by atoms with E-state index in [0.29, 0.717) is 18.8 Å². The van der Waals surface area contributed by atoms with Crippen molar-refractivity contribution in [1.29, 1.82) is 0 Å². The third-order valence-electron chi connectivity index (χ3n) is 4.42. The van der Waals surface area contributed by atoms with Gasteiger partial charge in [-0.1, -0.05) is 18.0 Å². The van der Waals surface area contributed by atoms with Crippen molar-refractivity contribution in [3.63, 3.8) is 0 Å². The van der Waals surface area contributed by atoms with Gasteiger partial charge in [0.15, 0.2) is 0 Å². The van der Waals surface area contributed by atoms with E-state index in [2.05, 4.69) is 10.1 Å². The van der Waals surface area contributed by atoms with Crippen molar-refractivity contribution in [2.45, 2.75) is 42.8 Å². The quantitative estimate of drug-likeness (QED) is 0.614. The lowest BCUT2D eigenvalue weighted by Crippen LogP contribution is -2.35. The first kappa shape index (κ1) is 23.0. The number of nitrogens with zero attached hydrogens (tertiary/aromatic N) is 1. The maximum atomic E-state index is 12.8. The zero-order valence-electron chi connectivity index (χ0n) is 15.9. The Balaban J connectivity index is 2.06. The number of carbonyl (C=O) groups excluding carboxylic acids is 2. The summed E-state index contributed by atoms with van der Waals surface area (Å²) in [7, 11) is -2.30. The number of benzene rings is 1. The molecule has 0 aromatic heterocycles. The molecule has 28 heavy (non-hydrogen) atoms. The molecule has 0 saturated carbocycles. The van der Waals surface area contributed by atoms with E-state index in [1.54, 1.807) is 6.92 Å². The molecule has 1 aromatic carbocycles. The first-order chi connectivity index (χ1) is 13.3. The van der Waals surface area contributed by atoms with Crippen LogP contribution in [-0.2, 0) is 24.3 Å². The van der Waals surface area contributed by atoms with Crippen molar-refractivity contribution in [2.24, 2.45) is 0 Å². The van der Waals surface area contributed by atoms with Gasteiger partial charge in [0.25, 0.3) is 0 Å². The van der Waals surface area contributed by atoms with E-state index in [0.717, 1.165) is 19.3 Å². The van der Waals surface area contributed by atoms with Crippen LogP contribution in [0.3, 0.4) is 0 Å². The minimum Gasteiger partial charge on any atom is -0.469 e. The molecular weight excluding hydrogens is 424 g/mol. The molecule has 1 aromatic rings. The van der Waals surface area contributed by atoms with Crippen LogP contribution in [-0.4, -0.2) is 55.8 Å². The van der Waals surface area contributed by atoms with Gasteiger partial charge in [-0.15, -0.1) is 11.8 Å². The van der Waals surface area contributed by atoms with E-state index >= 15 is 0 Å². The molecule has 0 unspecified atom stereocenters. The Hall–Kier alpha value is -1.29. The van der Waals surface area contributed by atoms with Crippen LogP contribution >= 0.6 is 23.4 Å². The zero-order chi connectivity index (χ0) is 20.7. The summed E-state index contributed by atoms with van der Waals surface area (Å²) < 4.78 is 31.7. The summed E-state index contributed by atoms with van der Waals surface area (Å²) in [5.74, 6) is -0.207. The molecule has 7 nitrogen and oxygen atoms in total. The van der Waals surface area contributed by atoms with Crippen LogP contribution in [0, 0.1) is 0 Å². The largest absolute Gasteiger partial charge is 0.469 e. The number of halogens is 1. The van der Waals surface area contributed by atoms with Crippen molar-refractivity contribution < 1.29 is 22.7 Å². The number of carbonyl (C=O) groups is 2. The molecule has 0 radical (unpaired) electrons. The number of esters is 1. The van der Waals surface area contributed by atoms with Gasteiger partial charge in [0, 0.05) is 18.8 Å². The third kappa shape index (κ3) is 6.10. The molecule has 0 aliphatic carbocycles. The number of anilines is 1. The highest BCUT2D eigenvalue weighted by Crippen LogP contribution is 2.29. The van der Waals surface area contributed by atoms with Crippen LogP contribution in [0.2, 0.25) is 5.02 Å². The third-order valence-corrected chi connectivity index (χ3v) is 7.80. The summed E-state index contributed by atoms with van der Waals surface area (Å²) in [6.07, 6.45) is 2.93. The number of rotatable bonds is 8. The maximum absolute atomic E-state index is 12.8. The van der Waals surface area contributed by atoms with E-state index in [1.165, 1.54) is 41.4 Å². The number of nitrogens with one attached hydrogen (secondary N) is 1. The van der Waals surface area contributed by atoms with Crippen LogP contribution in [0.5, 0.6) is 0 Å². The molecule has 1 fully saturated rings. The Morgan fingerprint density at radius 1 is 1.29 bits per heavy atom. The molecule has 1 N–H and O–H groups in total. The van der Waals surface area contributed by atoms with Crippen molar-refractivity contribution in [3.8, 4) is 0 Å². The second kappa shape index (κ2) is 10.5. The molecule has 1 atom stereocenters. The SMILES string of the molecule is COC(=O)CCS[C@@H](C)C(=O)Nc1cc(S(=O)(=O)N2CCCCC2)ccc1Cl. The van der Waals surface area contributed by atoms with Crippen molar-refractivity contribution >= 4 is 50.9 Å². The number of hydrogen-bond acceptors (Lipinski definition) is 6. The normalized spacial score (nSPS) is 16.4. The van der Waals surface area contributed by atoms with Gasteiger partial charge in [0.2, 0.25) is 15.9 Å². The van der Waals surface area contributed by atoms with E-state index < -0.39 is 15.3 Å². The lowest BCUT2D eigenvalue weighted by Gasteiger charge is -2.26. The van der Waals surface area contributed by atoms with Crippen molar-refractivity contribution in [1.82, 2.24) is 4.31 Å². The van der Waals surface area contributed by atoms with Gasteiger partial charge in [-0.3, -0.25) is 9.59 Å². The Labute approximate surface area is 175 Å². The van der Waals surface area contributed by atoms with E-state index in [-0.39, 0.29) is 33.9 Å². The Kier molecular flexibility index (Phi) is 8.60. The van der Waals surface area contributed by atoms with Gasteiger partial charge in [-0.2, -0.15) is 4.31 Å². The van der Waals surface area contributed by atoms with Gasteiger partial charge in [-0.25, -0.2) is 8.42 Å². The number of piperidine rings is 1. The van der Waals surface area contributed by atoms with Gasteiger partial charge in [-0.05, 0) is 38.0 Å². The lowest BCUT2D eigenvalue weighted by atomic mass is 10.2. The summed E-state index contributed by atoms with van der Waals surface area (Å²) >= 11 is 7.46. The van der Waals surface area contributed by atoms with Crippen LogP contribution in [0.1, 0.15) is 32.6 Å². The van der Waals surface area contributed by atoms with Gasteiger partial charge >= 0.3 is 5.97 Å². The Morgan fingerprint density at radius 2 is 1.96 bits per heavy atom. The second-order valence-electron chi connectivity index (χ2n) is 6.43. The highest BCUT2D eigenvalue weighted by atomic mass is 35.5.